The lowest BCUT2D eigenvalue weighted by Crippen LogP contribution is -2.09. The molecule has 0 aliphatic rings. The van der Waals surface area contributed by atoms with E-state index in [-0.39, 0.29) is 0 Å². The molecule has 4 nitrogen and oxygen atoms in total. The third kappa shape index (κ3) is 3.12. The Kier molecular flexibility index (Phi) is 4.02. The summed E-state index contributed by atoms with van der Waals surface area (Å²) in [5.74, 6) is 6.70. The summed E-state index contributed by atoms with van der Waals surface area (Å²) in [5, 5.41) is 0.737. The predicted octanol–water partition coefficient (Wildman–Crippen LogP) is 2.91. The fraction of sp³-hybridized carbons (Fsp3) is 0.154. The van der Waals surface area contributed by atoms with Crippen LogP contribution in [0.5, 0.6) is 5.75 Å². The molecular formula is C13H14ClN3O. The molecular weight excluding hydrogens is 250 g/mol. The van der Waals surface area contributed by atoms with E-state index < -0.39 is 0 Å². The molecule has 0 spiro atoms. The molecule has 3 N–H and O–H groups in total. The SMILES string of the molecule is Cc1cc(OCc2ccnc(NN)c2)ccc1Cl. The Morgan fingerprint density at radius 1 is 1.33 bits per heavy atom. The summed E-state index contributed by atoms with van der Waals surface area (Å²) in [5.41, 5.74) is 4.48. The smallest absolute Gasteiger partial charge is 0.140 e. The third-order valence-corrected chi connectivity index (χ3v) is 2.93. The first-order chi connectivity index (χ1) is 8.69. The number of hydrogen-bond donors (Lipinski definition) is 2. The summed E-state index contributed by atoms with van der Waals surface area (Å²) < 4.78 is 5.67. The highest BCUT2D eigenvalue weighted by Gasteiger charge is 2.00. The fourth-order valence-electron chi connectivity index (χ4n) is 1.52. The standard InChI is InChI=1S/C13H14ClN3O/c1-9-6-11(2-3-12(9)14)18-8-10-4-5-16-13(7-10)17-15/h2-7H,8,15H2,1H3,(H,16,17). The molecule has 0 fully saturated rings. The number of anilines is 1. The Bertz CT molecular complexity index is 546. The number of nitrogens with two attached hydrogens (primary N) is 1. The Hall–Kier alpha value is -1.78. The molecule has 0 unspecified atom stereocenters. The Balaban J connectivity index is 2.04. The van der Waals surface area contributed by atoms with Crippen LogP contribution in [-0.2, 0) is 6.61 Å². The number of hydrazine groups is 1. The van der Waals surface area contributed by atoms with Gasteiger partial charge < -0.3 is 10.2 Å². The molecule has 0 aliphatic carbocycles. The van der Waals surface area contributed by atoms with Gasteiger partial charge in [-0.2, -0.15) is 0 Å². The lowest BCUT2D eigenvalue weighted by Gasteiger charge is -2.08. The molecule has 1 aromatic heterocycles. The normalized spacial score (nSPS) is 10.2. The van der Waals surface area contributed by atoms with Crippen molar-refractivity contribution >= 4 is 17.4 Å². The second kappa shape index (κ2) is 5.71. The van der Waals surface area contributed by atoms with Gasteiger partial charge >= 0.3 is 0 Å². The molecule has 0 bridgehead atoms. The number of aromatic nitrogens is 1. The van der Waals surface area contributed by atoms with Gasteiger partial charge in [0.15, 0.2) is 0 Å². The Labute approximate surface area is 111 Å². The Morgan fingerprint density at radius 2 is 2.17 bits per heavy atom. The summed E-state index contributed by atoms with van der Waals surface area (Å²) in [6.45, 7) is 2.40. The second-order valence-electron chi connectivity index (χ2n) is 3.89. The van der Waals surface area contributed by atoms with Gasteiger partial charge in [-0.15, -0.1) is 0 Å². The van der Waals surface area contributed by atoms with E-state index in [1.807, 2.05) is 37.3 Å². The van der Waals surface area contributed by atoms with Crippen molar-refractivity contribution in [3.63, 3.8) is 0 Å². The highest BCUT2D eigenvalue weighted by Crippen LogP contribution is 2.21. The highest BCUT2D eigenvalue weighted by molar-refractivity contribution is 6.31. The van der Waals surface area contributed by atoms with E-state index in [0.29, 0.717) is 12.4 Å². The van der Waals surface area contributed by atoms with Gasteiger partial charge in [-0.3, -0.25) is 0 Å². The number of nitrogens with one attached hydrogen (secondary N) is 1. The molecule has 0 amide bonds. The molecule has 0 aliphatic heterocycles. The summed E-state index contributed by atoms with van der Waals surface area (Å²) >= 11 is 5.95. The van der Waals surface area contributed by atoms with Crippen LogP contribution < -0.4 is 16.0 Å². The molecule has 5 heteroatoms. The number of nitrogens with zero attached hydrogens (tertiary/aromatic N) is 1. The van der Waals surface area contributed by atoms with Crippen LogP contribution in [0.2, 0.25) is 5.02 Å². The Morgan fingerprint density at radius 3 is 2.89 bits per heavy atom. The number of benzene rings is 1. The summed E-state index contributed by atoms with van der Waals surface area (Å²) in [4.78, 5) is 4.03. The molecule has 1 aromatic carbocycles. The van der Waals surface area contributed by atoms with Crippen molar-refractivity contribution in [2.45, 2.75) is 13.5 Å². The first kappa shape index (κ1) is 12.7. The molecule has 2 rings (SSSR count). The number of rotatable bonds is 4. The minimum absolute atomic E-state index is 0.457. The van der Waals surface area contributed by atoms with Gasteiger partial charge in [-0.1, -0.05) is 11.6 Å². The van der Waals surface area contributed by atoms with Gasteiger partial charge in [0.2, 0.25) is 0 Å². The van der Waals surface area contributed by atoms with E-state index >= 15 is 0 Å². The topological polar surface area (TPSA) is 60.2 Å². The second-order valence-corrected chi connectivity index (χ2v) is 4.30. The zero-order valence-corrected chi connectivity index (χ0v) is 10.7. The van der Waals surface area contributed by atoms with Gasteiger partial charge in [0.25, 0.3) is 0 Å². The molecule has 1 heterocycles. The van der Waals surface area contributed by atoms with Crippen LogP contribution in [0.1, 0.15) is 11.1 Å². The predicted molar refractivity (Wildman–Crippen MR) is 72.6 cm³/mol. The molecule has 0 atom stereocenters. The van der Waals surface area contributed by atoms with Gasteiger partial charge in [-0.25, -0.2) is 10.8 Å². The quantitative estimate of drug-likeness (QED) is 0.658. The number of nitrogen functional groups attached to an aromatic ring is 1. The van der Waals surface area contributed by atoms with Crippen molar-refractivity contribution < 1.29 is 4.74 Å². The maximum atomic E-state index is 5.95. The van der Waals surface area contributed by atoms with Crippen LogP contribution in [0.15, 0.2) is 36.5 Å². The van der Waals surface area contributed by atoms with Crippen LogP contribution >= 0.6 is 11.6 Å². The molecule has 0 saturated carbocycles. The van der Waals surface area contributed by atoms with E-state index in [9.17, 15) is 0 Å². The summed E-state index contributed by atoms with van der Waals surface area (Å²) in [7, 11) is 0. The van der Waals surface area contributed by atoms with Crippen molar-refractivity contribution in [1.29, 1.82) is 0 Å². The van der Waals surface area contributed by atoms with Gasteiger partial charge in [0.05, 0.1) is 0 Å². The minimum atomic E-state index is 0.457. The van der Waals surface area contributed by atoms with E-state index in [1.54, 1.807) is 6.20 Å². The highest BCUT2D eigenvalue weighted by atomic mass is 35.5. The number of halogens is 1. The number of pyridine rings is 1. The molecule has 94 valence electrons. The van der Waals surface area contributed by atoms with Crippen molar-refractivity contribution in [3.05, 3.63) is 52.7 Å². The number of aryl methyl sites for hydroxylation is 1. The van der Waals surface area contributed by atoms with E-state index in [1.165, 1.54) is 0 Å². The molecule has 0 radical (unpaired) electrons. The zero-order chi connectivity index (χ0) is 13.0. The summed E-state index contributed by atoms with van der Waals surface area (Å²) in [6, 6.07) is 9.29. The first-order valence-corrected chi connectivity index (χ1v) is 5.87. The lowest BCUT2D eigenvalue weighted by molar-refractivity contribution is 0.306. The van der Waals surface area contributed by atoms with E-state index in [2.05, 4.69) is 10.4 Å². The van der Waals surface area contributed by atoms with Gasteiger partial charge in [0, 0.05) is 11.2 Å². The van der Waals surface area contributed by atoms with Crippen LogP contribution in [-0.4, -0.2) is 4.98 Å². The van der Waals surface area contributed by atoms with Crippen LogP contribution in [0, 0.1) is 6.92 Å². The maximum Gasteiger partial charge on any atom is 0.140 e. The zero-order valence-electron chi connectivity index (χ0n) is 9.98. The van der Waals surface area contributed by atoms with Gasteiger partial charge in [0.1, 0.15) is 18.2 Å². The van der Waals surface area contributed by atoms with Crippen LogP contribution in [0.25, 0.3) is 0 Å². The van der Waals surface area contributed by atoms with Crippen molar-refractivity contribution in [2.75, 3.05) is 5.43 Å². The molecule has 0 saturated heterocycles. The van der Waals surface area contributed by atoms with E-state index in [4.69, 9.17) is 22.2 Å². The minimum Gasteiger partial charge on any atom is -0.489 e. The average Bonchev–Trinajstić information content (AvgIpc) is 2.40. The largest absolute Gasteiger partial charge is 0.489 e. The summed E-state index contributed by atoms with van der Waals surface area (Å²) in [6.07, 6.45) is 1.68. The monoisotopic (exact) mass is 263 g/mol. The maximum absolute atomic E-state index is 5.95. The molecule has 18 heavy (non-hydrogen) atoms. The molecule has 2 aromatic rings. The lowest BCUT2D eigenvalue weighted by atomic mass is 10.2. The van der Waals surface area contributed by atoms with Gasteiger partial charge in [-0.05, 0) is 48.4 Å². The first-order valence-electron chi connectivity index (χ1n) is 5.49. The van der Waals surface area contributed by atoms with Crippen molar-refractivity contribution in [2.24, 2.45) is 5.84 Å². The fourth-order valence-corrected chi connectivity index (χ4v) is 1.63. The number of hydrogen-bond acceptors (Lipinski definition) is 4. The average molecular weight is 264 g/mol. The number of ether oxygens (including phenoxy) is 1. The third-order valence-electron chi connectivity index (χ3n) is 2.51. The van der Waals surface area contributed by atoms with Crippen molar-refractivity contribution in [3.8, 4) is 5.75 Å². The van der Waals surface area contributed by atoms with Crippen LogP contribution in [0.3, 0.4) is 0 Å². The van der Waals surface area contributed by atoms with Crippen molar-refractivity contribution in [1.82, 2.24) is 4.98 Å². The van der Waals surface area contributed by atoms with Crippen LogP contribution in [0.4, 0.5) is 5.82 Å². The van der Waals surface area contributed by atoms with E-state index in [0.717, 1.165) is 21.9 Å².